The fraction of sp³-hybridized carbons (Fsp3) is 1.00. The first-order valence-electron chi connectivity index (χ1n) is 7.13. The molecular formula is C14H28N2. The molecule has 2 fully saturated rings. The Morgan fingerprint density at radius 3 is 2.62 bits per heavy atom. The number of rotatable bonds is 3. The Hall–Kier alpha value is -0.0800. The number of hydrogen-bond acceptors (Lipinski definition) is 2. The van der Waals surface area contributed by atoms with Gasteiger partial charge in [-0.25, -0.2) is 0 Å². The number of hydrogen-bond donors (Lipinski definition) is 1. The van der Waals surface area contributed by atoms with Gasteiger partial charge in [0.15, 0.2) is 0 Å². The number of nitrogens with one attached hydrogen (secondary N) is 1. The van der Waals surface area contributed by atoms with Crippen LogP contribution in [0.25, 0.3) is 0 Å². The van der Waals surface area contributed by atoms with Crippen molar-refractivity contribution in [2.24, 2.45) is 11.3 Å². The molecule has 16 heavy (non-hydrogen) atoms. The van der Waals surface area contributed by atoms with Crippen molar-refractivity contribution in [3.8, 4) is 0 Å². The number of likely N-dealkylation sites (tertiary alicyclic amines) is 1. The molecule has 0 atom stereocenters. The third-order valence-electron chi connectivity index (χ3n) is 4.43. The van der Waals surface area contributed by atoms with Crippen molar-refractivity contribution < 1.29 is 0 Å². The molecular weight excluding hydrogens is 196 g/mol. The summed E-state index contributed by atoms with van der Waals surface area (Å²) in [5.41, 5.74) is 0.681. The second kappa shape index (κ2) is 5.50. The van der Waals surface area contributed by atoms with Gasteiger partial charge in [-0.3, -0.25) is 0 Å². The first-order chi connectivity index (χ1) is 7.70. The lowest BCUT2D eigenvalue weighted by molar-refractivity contribution is 0.0571. The van der Waals surface area contributed by atoms with E-state index in [0.29, 0.717) is 5.41 Å². The highest BCUT2D eigenvalue weighted by molar-refractivity contribution is 4.90. The normalized spacial score (nSPS) is 26.4. The van der Waals surface area contributed by atoms with Gasteiger partial charge in [0.25, 0.3) is 0 Å². The van der Waals surface area contributed by atoms with Gasteiger partial charge >= 0.3 is 0 Å². The molecule has 0 aliphatic carbocycles. The topological polar surface area (TPSA) is 15.3 Å². The van der Waals surface area contributed by atoms with E-state index in [1.807, 2.05) is 0 Å². The third-order valence-corrected chi connectivity index (χ3v) is 4.43. The summed E-state index contributed by atoms with van der Waals surface area (Å²) < 4.78 is 0. The standard InChI is InChI=1S/C14H28N2/c1-13(2)4-11-16-10-3-5-14(12-16)6-8-15-9-7-14/h13,15H,3-12H2,1-2H3. The van der Waals surface area contributed by atoms with Gasteiger partial charge in [0.05, 0.1) is 0 Å². The van der Waals surface area contributed by atoms with Gasteiger partial charge < -0.3 is 10.2 Å². The van der Waals surface area contributed by atoms with E-state index in [-0.39, 0.29) is 0 Å². The first kappa shape index (κ1) is 12.4. The first-order valence-corrected chi connectivity index (χ1v) is 7.13. The van der Waals surface area contributed by atoms with Crippen LogP contribution in [0.3, 0.4) is 0 Å². The lowest BCUT2D eigenvalue weighted by Gasteiger charge is -2.45. The lowest BCUT2D eigenvalue weighted by atomic mass is 9.73. The monoisotopic (exact) mass is 224 g/mol. The van der Waals surface area contributed by atoms with Crippen LogP contribution in [-0.2, 0) is 0 Å². The van der Waals surface area contributed by atoms with Crippen LogP contribution >= 0.6 is 0 Å². The molecule has 2 heteroatoms. The van der Waals surface area contributed by atoms with Gasteiger partial charge in [-0.2, -0.15) is 0 Å². The third kappa shape index (κ3) is 3.21. The average Bonchev–Trinajstić information content (AvgIpc) is 2.28. The van der Waals surface area contributed by atoms with Gasteiger partial charge in [-0.05, 0) is 69.6 Å². The largest absolute Gasteiger partial charge is 0.317 e. The van der Waals surface area contributed by atoms with Crippen molar-refractivity contribution in [3.63, 3.8) is 0 Å². The van der Waals surface area contributed by atoms with E-state index in [4.69, 9.17) is 0 Å². The van der Waals surface area contributed by atoms with Crippen molar-refractivity contribution in [1.82, 2.24) is 10.2 Å². The zero-order chi connectivity index (χ0) is 11.4. The average molecular weight is 224 g/mol. The Balaban J connectivity index is 1.83. The lowest BCUT2D eigenvalue weighted by Crippen LogP contribution is -2.48. The van der Waals surface area contributed by atoms with Gasteiger partial charge in [0.1, 0.15) is 0 Å². The second-order valence-corrected chi connectivity index (χ2v) is 6.31. The Kier molecular flexibility index (Phi) is 4.26. The Morgan fingerprint density at radius 2 is 1.94 bits per heavy atom. The van der Waals surface area contributed by atoms with Gasteiger partial charge in [-0.15, -0.1) is 0 Å². The Labute approximate surface area is 101 Å². The SMILES string of the molecule is CC(C)CCN1CCCC2(CCNCC2)C1. The van der Waals surface area contributed by atoms with Crippen molar-refractivity contribution >= 4 is 0 Å². The zero-order valence-corrected chi connectivity index (χ0v) is 11.1. The molecule has 2 aliphatic rings. The van der Waals surface area contributed by atoms with Crippen LogP contribution in [-0.4, -0.2) is 37.6 Å². The van der Waals surface area contributed by atoms with Crippen LogP contribution in [0.4, 0.5) is 0 Å². The fourth-order valence-electron chi connectivity index (χ4n) is 3.31. The van der Waals surface area contributed by atoms with Crippen molar-refractivity contribution in [2.75, 3.05) is 32.7 Å². The van der Waals surface area contributed by atoms with Crippen LogP contribution in [0.1, 0.15) is 46.0 Å². The molecule has 0 bridgehead atoms. The van der Waals surface area contributed by atoms with Gasteiger partial charge in [-0.1, -0.05) is 13.8 Å². The Morgan fingerprint density at radius 1 is 1.19 bits per heavy atom. The summed E-state index contributed by atoms with van der Waals surface area (Å²) in [6.45, 7) is 11.2. The maximum absolute atomic E-state index is 3.50. The van der Waals surface area contributed by atoms with Crippen LogP contribution < -0.4 is 5.32 Å². The molecule has 0 unspecified atom stereocenters. The van der Waals surface area contributed by atoms with Gasteiger partial charge in [0.2, 0.25) is 0 Å². The summed E-state index contributed by atoms with van der Waals surface area (Å²) in [5, 5.41) is 3.50. The number of nitrogens with zero attached hydrogens (tertiary/aromatic N) is 1. The molecule has 2 nitrogen and oxygen atoms in total. The molecule has 0 radical (unpaired) electrons. The molecule has 2 heterocycles. The Bertz CT molecular complexity index is 201. The van der Waals surface area contributed by atoms with Crippen LogP contribution in [0.2, 0.25) is 0 Å². The molecule has 94 valence electrons. The molecule has 2 aliphatic heterocycles. The molecule has 0 saturated carbocycles. The minimum Gasteiger partial charge on any atom is -0.317 e. The predicted molar refractivity (Wildman–Crippen MR) is 69.7 cm³/mol. The molecule has 0 amide bonds. The van der Waals surface area contributed by atoms with Crippen LogP contribution in [0.5, 0.6) is 0 Å². The predicted octanol–water partition coefficient (Wildman–Crippen LogP) is 2.50. The maximum atomic E-state index is 3.50. The van der Waals surface area contributed by atoms with Gasteiger partial charge in [0, 0.05) is 6.54 Å². The van der Waals surface area contributed by atoms with E-state index in [1.54, 1.807) is 0 Å². The second-order valence-electron chi connectivity index (χ2n) is 6.31. The summed E-state index contributed by atoms with van der Waals surface area (Å²) in [4.78, 5) is 2.73. The van der Waals surface area contributed by atoms with E-state index in [1.165, 1.54) is 64.8 Å². The minimum atomic E-state index is 0.681. The molecule has 0 aromatic rings. The van der Waals surface area contributed by atoms with Crippen molar-refractivity contribution in [1.29, 1.82) is 0 Å². The quantitative estimate of drug-likeness (QED) is 0.792. The van der Waals surface area contributed by atoms with E-state index in [0.717, 1.165) is 5.92 Å². The molecule has 2 rings (SSSR count). The highest BCUT2D eigenvalue weighted by Gasteiger charge is 2.35. The summed E-state index contributed by atoms with van der Waals surface area (Å²) in [7, 11) is 0. The van der Waals surface area contributed by atoms with Crippen molar-refractivity contribution in [2.45, 2.75) is 46.0 Å². The smallest absolute Gasteiger partial charge is 0.00389 e. The van der Waals surface area contributed by atoms with E-state index >= 15 is 0 Å². The van der Waals surface area contributed by atoms with E-state index < -0.39 is 0 Å². The zero-order valence-electron chi connectivity index (χ0n) is 11.1. The van der Waals surface area contributed by atoms with Crippen LogP contribution in [0, 0.1) is 11.3 Å². The molecule has 0 aromatic heterocycles. The van der Waals surface area contributed by atoms with Crippen molar-refractivity contribution in [3.05, 3.63) is 0 Å². The molecule has 2 saturated heterocycles. The summed E-state index contributed by atoms with van der Waals surface area (Å²) in [6, 6.07) is 0. The minimum absolute atomic E-state index is 0.681. The highest BCUT2D eigenvalue weighted by Crippen LogP contribution is 2.37. The highest BCUT2D eigenvalue weighted by atomic mass is 15.1. The molecule has 0 aromatic carbocycles. The number of piperidine rings is 2. The molecule has 1 spiro atoms. The van der Waals surface area contributed by atoms with Crippen LogP contribution in [0.15, 0.2) is 0 Å². The summed E-state index contributed by atoms with van der Waals surface area (Å²) in [6.07, 6.45) is 7.09. The van der Waals surface area contributed by atoms with E-state index in [2.05, 4.69) is 24.1 Å². The summed E-state index contributed by atoms with van der Waals surface area (Å²) in [5.74, 6) is 0.853. The maximum Gasteiger partial charge on any atom is 0.00389 e. The van der Waals surface area contributed by atoms with E-state index in [9.17, 15) is 0 Å². The summed E-state index contributed by atoms with van der Waals surface area (Å²) >= 11 is 0. The molecule has 1 N–H and O–H groups in total. The fourth-order valence-corrected chi connectivity index (χ4v) is 3.31.